The van der Waals surface area contributed by atoms with Crippen molar-refractivity contribution in [2.45, 2.75) is 50.1 Å². The van der Waals surface area contributed by atoms with E-state index >= 15 is 0 Å². The van der Waals surface area contributed by atoms with Crippen molar-refractivity contribution >= 4 is 28.1 Å². The molecule has 0 aliphatic carbocycles. The van der Waals surface area contributed by atoms with Crippen LogP contribution in [0, 0.1) is 18.6 Å². The summed E-state index contributed by atoms with van der Waals surface area (Å²) < 4.78 is 57.4. The zero-order chi connectivity index (χ0) is 31.8. The Bertz CT molecular complexity index is 1570. The summed E-state index contributed by atoms with van der Waals surface area (Å²) in [6.07, 6.45) is -0.123. The second kappa shape index (κ2) is 14.0. The van der Waals surface area contributed by atoms with Crippen LogP contribution in [0.5, 0.6) is 0 Å². The Morgan fingerprint density at radius 2 is 1.58 bits per heavy atom. The van der Waals surface area contributed by atoms with Gasteiger partial charge in [-0.3, -0.25) is 9.59 Å². The highest BCUT2D eigenvalue weighted by Gasteiger charge is 2.38. The first-order valence-electron chi connectivity index (χ1n) is 13.6. The van der Waals surface area contributed by atoms with Gasteiger partial charge in [0.05, 0.1) is 16.9 Å². The van der Waals surface area contributed by atoms with E-state index in [0.717, 1.165) is 11.6 Å². The van der Waals surface area contributed by atoms with Gasteiger partial charge in [0.1, 0.15) is 23.5 Å². The Balaban J connectivity index is 1.70. The lowest BCUT2D eigenvalue weighted by Crippen LogP contribution is -2.59. The molecule has 1 atom stereocenters. The number of hydrogen-bond acceptors (Lipinski definition) is 6. The van der Waals surface area contributed by atoms with Gasteiger partial charge >= 0.3 is 0 Å². The molecule has 2 amide bonds. The molecule has 3 aromatic rings. The number of benzene rings is 3. The van der Waals surface area contributed by atoms with Gasteiger partial charge in [-0.1, -0.05) is 42.0 Å². The van der Waals surface area contributed by atoms with Crippen molar-refractivity contribution < 1.29 is 31.6 Å². The molecule has 9 nitrogen and oxygen atoms in total. The summed E-state index contributed by atoms with van der Waals surface area (Å²) in [6.45, 7) is 6.78. The number of amides is 2. The molecule has 0 heterocycles. The van der Waals surface area contributed by atoms with Gasteiger partial charge in [-0.25, -0.2) is 17.2 Å². The summed E-state index contributed by atoms with van der Waals surface area (Å²) in [7, 11) is -4.20. The lowest BCUT2D eigenvalue weighted by atomic mass is 9.97. The maximum absolute atomic E-state index is 14.5. The predicted molar refractivity (Wildman–Crippen MR) is 160 cm³/mol. The molecule has 0 unspecified atom stereocenters. The van der Waals surface area contributed by atoms with Crippen LogP contribution >= 0.6 is 0 Å². The van der Waals surface area contributed by atoms with Crippen LogP contribution in [0.3, 0.4) is 0 Å². The van der Waals surface area contributed by atoms with Crippen molar-refractivity contribution in [2.75, 3.05) is 19.6 Å². The first-order chi connectivity index (χ1) is 20.1. The van der Waals surface area contributed by atoms with Gasteiger partial charge < -0.3 is 20.7 Å². The van der Waals surface area contributed by atoms with Gasteiger partial charge in [0.25, 0.3) is 5.91 Å². The Morgan fingerprint density at radius 3 is 2.21 bits per heavy atom. The molecule has 230 valence electrons. The van der Waals surface area contributed by atoms with Crippen LogP contribution in [-0.4, -0.2) is 57.2 Å². The minimum absolute atomic E-state index is 0.0317. The van der Waals surface area contributed by atoms with Crippen LogP contribution in [0.25, 0.3) is 11.1 Å². The Morgan fingerprint density at radius 1 is 0.907 bits per heavy atom. The predicted octanol–water partition coefficient (Wildman–Crippen LogP) is 3.48. The smallest absolute Gasteiger partial charge is 0.254 e. The lowest BCUT2D eigenvalue weighted by molar-refractivity contribution is -0.126. The summed E-state index contributed by atoms with van der Waals surface area (Å²) in [5.41, 5.74) is -1.39. The zero-order valence-corrected chi connectivity index (χ0v) is 25.3. The third kappa shape index (κ3) is 9.50. The monoisotopic (exact) mass is 614 g/mol. The van der Waals surface area contributed by atoms with Gasteiger partial charge in [0.15, 0.2) is 0 Å². The van der Waals surface area contributed by atoms with Gasteiger partial charge in [0, 0.05) is 30.7 Å². The van der Waals surface area contributed by atoms with Crippen LogP contribution in [0.15, 0.2) is 71.6 Å². The number of aldehydes is 1. The SMILES string of the molecule is Cc1ccc(S(=O)(=O)N[C@@](C=O)(CNCCNC(=O)c2cc(-c3ccccc3F)ccc2F)CC(=O)NC(C)(C)C)cc1. The van der Waals surface area contributed by atoms with E-state index < -0.39 is 51.0 Å². The molecule has 12 heteroatoms. The summed E-state index contributed by atoms with van der Waals surface area (Å²) in [5, 5.41) is 8.17. The molecular weight excluding hydrogens is 578 g/mol. The van der Waals surface area contributed by atoms with Gasteiger partial charge in [-0.05, 0) is 63.6 Å². The van der Waals surface area contributed by atoms with Crippen LogP contribution in [0.4, 0.5) is 8.78 Å². The molecule has 0 saturated carbocycles. The zero-order valence-electron chi connectivity index (χ0n) is 24.5. The highest BCUT2D eigenvalue weighted by Crippen LogP contribution is 2.25. The van der Waals surface area contributed by atoms with E-state index in [4.69, 9.17) is 0 Å². The molecule has 0 bridgehead atoms. The molecule has 0 aromatic heterocycles. The average Bonchev–Trinajstić information content (AvgIpc) is 2.92. The number of halogens is 2. The molecule has 0 saturated heterocycles. The minimum Gasteiger partial charge on any atom is -0.351 e. The second-order valence-corrected chi connectivity index (χ2v) is 13.0. The first kappa shape index (κ1) is 33.5. The summed E-state index contributed by atoms with van der Waals surface area (Å²) >= 11 is 0. The normalized spacial score (nSPS) is 13.2. The average molecular weight is 615 g/mol. The number of carbonyl (C=O) groups is 3. The van der Waals surface area contributed by atoms with E-state index in [0.29, 0.717) is 11.8 Å². The molecule has 43 heavy (non-hydrogen) atoms. The quantitative estimate of drug-likeness (QED) is 0.172. The van der Waals surface area contributed by atoms with E-state index in [1.807, 2.05) is 0 Å². The third-order valence-electron chi connectivity index (χ3n) is 6.31. The van der Waals surface area contributed by atoms with Crippen molar-refractivity contribution in [1.82, 2.24) is 20.7 Å². The van der Waals surface area contributed by atoms with Crippen LogP contribution < -0.4 is 20.7 Å². The molecule has 3 rings (SSSR count). The topological polar surface area (TPSA) is 133 Å². The van der Waals surface area contributed by atoms with E-state index in [2.05, 4.69) is 20.7 Å². The van der Waals surface area contributed by atoms with Crippen LogP contribution in [0.2, 0.25) is 0 Å². The fraction of sp³-hybridized carbons (Fsp3) is 0.323. The van der Waals surface area contributed by atoms with Crippen molar-refractivity contribution in [2.24, 2.45) is 0 Å². The van der Waals surface area contributed by atoms with Gasteiger partial charge in [-0.2, -0.15) is 4.72 Å². The van der Waals surface area contributed by atoms with Crippen molar-refractivity contribution in [3.05, 3.63) is 89.5 Å². The van der Waals surface area contributed by atoms with Crippen molar-refractivity contribution in [3.8, 4) is 11.1 Å². The number of rotatable bonds is 13. The molecule has 0 spiro atoms. The van der Waals surface area contributed by atoms with Crippen LogP contribution in [-0.2, 0) is 19.6 Å². The summed E-state index contributed by atoms with van der Waals surface area (Å²) in [6, 6.07) is 15.6. The summed E-state index contributed by atoms with van der Waals surface area (Å²) in [5.74, 6) is -2.60. The fourth-order valence-corrected chi connectivity index (χ4v) is 5.61. The van der Waals surface area contributed by atoms with E-state index in [9.17, 15) is 31.6 Å². The molecule has 4 N–H and O–H groups in total. The van der Waals surface area contributed by atoms with E-state index in [1.54, 1.807) is 45.9 Å². The van der Waals surface area contributed by atoms with Crippen molar-refractivity contribution in [3.63, 3.8) is 0 Å². The second-order valence-electron chi connectivity index (χ2n) is 11.3. The number of nitrogens with one attached hydrogen (secondary N) is 4. The molecule has 0 aliphatic rings. The standard InChI is InChI=1S/C31H36F2N4O5S/c1-21-9-12-23(13-10-21)43(41,42)37-31(20-38,18-28(39)36-30(2,3)4)19-34-15-16-35-29(40)25-17-22(11-14-27(25)33)24-7-5-6-8-26(24)32/h5-14,17,20,34,37H,15-16,18-19H2,1-4H3,(H,35,40)(H,36,39)/t31-/m1/s1. The van der Waals surface area contributed by atoms with Crippen molar-refractivity contribution in [1.29, 1.82) is 0 Å². The lowest BCUT2D eigenvalue weighted by Gasteiger charge is -2.30. The van der Waals surface area contributed by atoms with E-state index in [-0.39, 0.29) is 35.7 Å². The highest BCUT2D eigenvalue weighted by molar-refractivity contribution is 7.89. The Labute approximate surface area is 250 Å². The van der Waals surface area contributed by atoms with Gasteiger partial charge in [-0.15, -0.1) is 0 Å². The Kier molecular flexibility index (Phi) is 10.9. The number of carbonyl (C=O) groups excluding carboxylic acids is 3. The largest absolute Gasteiger partial charge is 0.351 e. The maximum atomic E-state index is 14.5. The number of sulfonamides is 1. The molecule has 0 aliphatic heterocycles. The first-order valence-corrected chi connectivity index (χ1v) is 15.0. The van der Waals surface area contributed by atoms with Crippen LogP contribution in [0.1, 0.15) is 43.1 Å². The Hall–Kier alpha value is -4.00. The number of aryl methyl sites for hydroxylation is 1. The summed E-state index contributed by atoms with van der Waals surface area (Å²) in [4.78, 5) is 37.8. The molecule has 0 radical (unpaired) electrons. The minimum atomic E-state index is -4.20. The molecule has 0 fully saturated rings. The highest BCUT2D eigenvalue weighted by atomic mass is 32.2. The molecular formula is C31H36F2N4O5S. The van der Waals surface area contributed by atoms with Gasteiger partial charge in [0.2, 0.25) is 15.9 Å². The van der Waals surface area contributed by atoms with E-state index in [1.165, 1.54) is 42.5 Å². The molecule has 3 aromatic carbocycles. The fourth-order valence-electron chi connectivity index (χ4n) is 4.27. The maximum Gasteiger partial charge on any atom is 0.254 e. The third-order valence-corrected chi connectivity index (χ3v) is 7.88. The number of hydrogen-bond donors (Lipinski definition) is 4.